The first-order valence-corrected chi connectivity index (χ1v) is 17.0. The lowest BCUT2D eigenvalue weighted by atomic mass is 9.88. The maximum absolute atomic E-state index is 10.5. The summed E-state index contributed by atoms with van der Waals surface area (Å²) in [5, 5.41) is 31.8. The Morgan fingerprint density at radius 3 is 2.12 bits per heavy atom. The lowest BCUT2D eigenvalue weighted by Crippen LogP contribution is -2.32. The highest BCUT2D eigenvalue weighted by Crippen LogP contribution is 2.46. The zero-order valence-corrected chi connectivity index (χ0v) is 27.5. The summed E-state index contributed by atoms with van der Waals surface area (Å²) < 4.78 is 2.20. The number of fused-ring (bicyclic) bond motifs is 5. The summed E-state index contributed by atoms with van der Waals surface area (Å²) in [7, 11) is 0. The topological polar surface area (TPSA) is 79.5 Å². The van der Waals surface area contributed by atoms with Gasteiger partial charge in [-0.1, -0.05) is 85.0 Å². The largest absolute Gasteiger partial charge is 0.334 e. The molecular formula is C46H29N5. The predicted molar refractivity (Wildman–Crippen MR) is 204 cm³/mol. The number of aromatic nitrogens is 1. The van der Waals surface area contributed by atoms with Crippen molar-refractivity contribution in [2.24, 2.45) is 5.92 Å². The molecule has 3 aliphatic rings. The highest BCUT2D eigenvalue weighted by Gasteiger charge is 2.38. The van der Waals surface area contributed by atoms with Gasteiger partial charge in [-0.15, -0.1) is 0 Å². The Bertz CT molecular complexity index is 2660. The highest BCUT2D eigenvalue weighted by atomic mass is 15.2. The predicted octanol–water partition coefficient (Wildman–Crippen LogP) is 10.4. The lowest BCUT2D eigenvalue weighted by molar-refractivity contribution is 0.669. The molecule has 1 unspecified atom stereocenters. The molecule has 0 spiro atoms. The van der Waals surface area contributed by atoms with Crippen LogP contribution in [0.15, 0.2) is 163 Å². The third kappa shape index (κ3) is 4.74. The van der Waals surface area contributed by atoms with E-state index >= 15 is 0 Å². The maximum Gasteiger partial charge on any atom is 0.0998 e. The third-order valence-corrected chi connectivity index (χ3v) is 10.3. The van der Waals surface area contributed by atoms with E-state index < -0.39 is 0 Å². The SMILES string of the molecule is N#Cc1ccc2c(c1)c1cc(C#N)ccc1n2-c1ccccc1-c1cccc(C#N)c1-c1cccc(N2C3=C(CC=CC=C3)C3C=CC=C[C@@H]32)c1. The number of nitrogens with zero attached hydrogens (tertiary/aromatic N) is 5. The maximum atomic E-state index is 10.5. The normalized spacial score (nSPS) is 17.2. The van der Waals surface area contributed by atoms with Gasteiger partial charge < -0.3 is 9.47 Å². The number of rotatable bonds is 4. The van der Waals surface area contributed by atoms with Crippen LogP contribution < -0.4 is 4.90 Å². The van der Waals surface area contributed by atoms with Crippen LogP contribution in [-0.4, -0.2) is 10.6 Å². The van der Waals surface area contributed by atoms with Crippen LogP contribution in [0.4, 0.5) is 5.69 Å². The fourth-order valence-electron chi connectivity index (χ4n) is 8.12. The van der Waals surface area contributed by atoms with Crippen molar-refractivity contribution in [1.82, 2.24) is 4.57 Å². The standard InChI is InChI=1S/C46H29N5/c47-27-30-20-22-44-39(24-30)40-25-31(28-48)21-23-45(40)51(44)43-19-7-5-15-37(43)38-16-9-11-33(29-49)46(38)32-10-8-12-34(26-32)50-41-17-3-1-2-13-35(41)36-14-4-6-18-42(36)50/h1-12,14-26,36,42H,13H2/t36?,42-/m0/s1. The van der Waals surface area contributed by atoms with E-state index in [4.69, 9.17) is 0 Å². The molecular weight excluding hydrogens is 623 g/mol. The lowest BCUT2D eigenvalue weighted by Gasteiger charge is -2.30. The van der Waals surface area contributed by atoms with Crippen LogP contribution in [0.3, 0.4) is 0 Å². The Hall–Kier alpha value is -7.13. The van der Waals surface area contributed by atoms with Crippen LogP contribution in [-0.2, 0) is 0 Å². The van der Waals surface area contributed by atoms with Gasteiger partial charge in [-0.3, -0.25) is 0 Å². The number of benzene rings is 5. The summed E-state index contributed by atoms with van der Waals surface area (Å²) >= 11 is 0. The van der Waals surface area contributed by atoms with E-state index in [1.165, 1.54) is 11.3 Å². The second-order valence-corrected chi connectivity index (χ2v) is 13.0. The summed E-state index contributed by atoms with van der Waals surface area (Å²) in [5.74, 6) is 0.301. The molecule has 238 valence electrons. The second kappa shape index (κ2) is 12.1. The molecule has 0 amide bonds. The Balaban J connectivity index is 1.25. The van der Waals surface area contributed by atoms with Crippen molar-refractivity contribution in [1.29, 1.82) is 15.8 Å². The Kier molecular flexibility index (Phi) is 7.10. The average Bonchev–Trinajstić information content (AvgIpc) is 3.56. The number of para-hydroxylation sites is 1. The van der Waals surface area contributed by atoms with Gasteiger partial charge in [0.05, 0.1) is 57.7 Å². The number of allylic oxidation sites excluding steroid dienone is 6. The molecule has 5 nitrogen and oxygen atoms in total. The first-order chi connectivity index (χ1) is 25.2. The number of hydrogen-bond acceptors (Lipinski definition) is 4. The molecule has 2 atom stereocenters. The van der Waals surface area contributed by atoms with E-state index in [0.29, 0.717) is 22.6 Å². The Labute approximate surface area is 296 Å². The van der Waals surface area contributed by atoms with Gasteiger partial charge in [0.25, 0.3) is 0 Å². The molecule has 0 saturated carbocycles. The van der Waals surface area contributed by atoms with Gasteiger partial charge in [0, 0.05) is 39.2 Å². The quantitative estimate of drug-likeness (QED) is 0.190. The number of nitriles is 3. The van der Waals surface area contributed by atoms with Crippen LogP contribution in [0.5, 0.6) is 0 Å². The fourth-order valence-corrected chi connectivity index (χ4v) is 8.12. The molecule has 5 aromatic carbocycles. The van der Waals surface area contributed by atoms with Crippen LogP contribution in [0.25, 0.3) is 49.7 Å². The smallest absolute Gasteiger partial charge is 0.0998 e. The highest BCUT2D eigenvalue weighted by molar-refractivity contribution is 6.10. The molecule has 2 heterocycles. The Morgan fingerprint density at radius 2 is 1.35 bits per heavy atom. The molecule has 51 heavy (non-hydrogen) atoms. The van der Waals surface area contributed by atoms with Crippen LogP contribution >= 0.6 is 0 Å². The van der Waals surface area contributed by atoms with E-state index in [1.807, 2.05) is 60.7 Å². The summed E-state index contributed by atoms with van der Waals surface area (Å²) in [6, 6.07) is 41.4. The van der Waals surface area contributed by atoms with Gasteiger partial charge in [0.2, 0.25) is 0 Å². The average molecular weight is 652 g/mol. The molecule has 1 aliphatic heterocycles. The monoisotopic (exact) mass is 651 g/mol. The Morgan fingerprint density at radius 1 is 0.627 bits per heavy atom. The van der Waals surface area contributed by atoms with Crippen LogP contribution in [0.1, 0.15) is 23.1 Å². The first kappa shape index (κ1) is 30.0. The number of hydrogen-bond donors (Lipinski definition) is 0. The second-order valence-electron chi connectivity index (χ2n) is 13.0. The van der Waals surface area contributed by atoms with Crippen molar-refractivity contribution < 1.29 is 0 Å². The van der Waals surface area contributed by atoms with Gasteiger partial charge in [-0.25, -0.2) is 0 Å². The minimum Gasteiger partial charge on any atom is -0.334 e. The van der Waals surface area contributed by atoms with Crippen molar-refractivity contribution >= 4 is 27.5 Å². The minimum absolute atomic E-state index is 0.177. The van der Waals surface area contributed by atoms with Crippen molar-refractivity contribution in [3.63, 3.8) is 0 Å². The summed E-state index contributed by atoms with van der Waals surface area (Å²) in [4.78, 5) is 2.44. The number of anilines is 1. The van der Waals surface area contributed by atoms with Crippen LogP contribution in [0.2, 0.25) is 0 Å². The molecule has 0 bridgehead atoms. The molecule has 2 aliphatic carbocycles. The summed E-state index contributed by atoms with van der Waals surface area (Å²) in [6.07, 6.45) is 18.5. The molecule has 0 saturated heterocycles. The molecule has 9 rings (SSSR count). The summed E-state index contributed by atoms with van der Waals surface area (Å²) in [6.45, 7) is 0. The summed E-state index contributed by atoms with van der Waals surface area (Å²) in [5.41, 5.74) is 12.0. The van der Waals surface area contributed by atoms with E-state index in [2.05, 4.69) is 119 Å². The van der Waals surface area contributed by atoms with Gasteiger partial charge in [0.15, 0.2) is 0 Å². The van der Waals surface area contributed by atoms with Crippen LogP contribution in [0, 0.1) is 39.9 Å². The zero-order chi connectivity index (χ0) is 34.5. The van der Waals surface area contributed by atoms with E-state index in [-0.39, 0.29) is 6.04 Å². The fraction of sp³-hybridized carbons (Fsp3) is 0.0652. The van der Waals surface area contributed by atoms with Gasteiger partial charge in [-0.2, -0.15) is 15.8 Å². The third-order valence-electron chi connectivity index (χ3n) is 10.3. The van der Waals surface area contributed by atoms with E-state index in [0.717, 1.165) is 61.9 Å². The zero-order valence-electron chi connectivity index (χ0n) is 27.5. The molecule has 0 radical (unpaired) electrons. The molecule has 6 aromatic rings. The first-order valence-electron chi connectivity index (χ1n) is 17.0. The van der Waals surface area contributed by atoms with E-state index in [9.17, 15) is 15.8 Å². The van der Waals surface area contributed by atoms with Crippen molar-refractivity contribution in [3.05, 3.63) is 180 Å². The molecule has 1 aromatic heterocycles. The van der Waals surface area contributed by atoms with E-state index in [1.54, 1.807) is 0 Å². The van der Waals surface area contributed by atoms with Gasteiger partial charge in [-0.05, 0) is 89.9 Å². The van der Waals surface area contributed by atoms with Crippen molar-refractivity contribution in [2.45, 2.75) is 12.5 Å². The molecule has 0 N–H and O–H groups in total. The molecule has 5 heteroatoms. The van der Waals surface area contributed by atoms with Gasteiger partial charge >= 0.3 is 0 Å². The molecule has 0 fully saturated rings. The van der Waals surface area contributed by atoms with Crippen molar-refractivity contribution in [2.75, 3.05) is 4.90 Å². The minimum atomic E-state index is 0.177. The van der Waals surface area contributed by atoms with Crippen molar-refractivity contribution in [3.8, 4) is 46.1 Å². The van der Waals surface area contributed by atoms with Gasteiger partial charge in [0.1, 0.15) is 0 Å².